The zero-order valence-electron chi connectivity index (χ0n) is 77.1. The van der Waals surface area contributed by atoms with Gasteiger partial charge in [-0.25, -0.2) is 4.79 Å². The van der Waals surface area contributed by atoms with E-state index in [1.165, 1.54) is 13.8 Å². The normalized spacial score (nSPS) is 49.9. The van der Waals surface area contributed by atoms with Crippen LogP contribution in [-0.2, 0) is 90.1 Å². The molecule has 133 heavy (non-hydrogen) atoms. The SMILES string of the molecule is C[C@@H]1O[C@@H](OCCCCCCC[C@H](O)CCCCCC[C@@H](O[C@@H]2OC[C@@H](O)[C@H](O)[C@H]2O)C(=O)O[C@@H]2[C@H](O)[C@@H](O[C@@H]3O[C@@H](C)[C@H](O[C@@H]4OC[C@@H](O[C@@H]5OC[C@](O)(CO)[C@H]5O)[C@H](O)[C@H]4O)[C@@H](O)[C@H]3O)[C@H](OC(=O)[C@]34CCC(C)(C)C[C@H]3C3=CC[C@@H]5[C@@]6(C)C[C@H](O)[C@H](O[C@@H]7O[C@H](CO[C@@H]8OC[C@H](O)[C@H](O)[C@H]8O)[C@@H](O)[C@H](O)[C@H]7O)[C@@](C)(CO)[C@@H]6CC[C@@]5(C)[C@]3(C)C[C@H]4O)O[C@@H]2C)[C@H](O)[C@H](O)[C@H]1O. The van der Waals surface area contributed by atoms with Crippen LogP contribution in [0.15, 0.2) is 11.6 Å². The largest absolute Gasteiger partial charge is 0.455 e. The van der Waals surface area contributed by atoms with E-state index in [2.05, 4.69) is 40.7 Å². The number of aliphatic hydroxyl groups excluding tert-OH is 23. The summed E-state index contributed by atoms with van der Waals surface area (Å²) >= 11 is 0. The van der Waals surface area contributed by atoms with Crippen molar-refractivity contribution in [2.45, 2.75) is 436 Å². The Bertz CT molecular complexity index is 3770. The van der Waals surface area contributed by atoms with Crippen molar-refractivity contribution in [3.8, 4) is 0 Å². The van der Waals surface area contributed by atoms with E-state index >= 15 is 9.59 Å². The molecule has 0 bridgehead atoms. The first-order valence-electron chi connectivity index (χ1n) is 47.6. The first-order valence-corrected chi connectivity index (χ1v) is 47.6. The number of carbonyl (C=O) groups excluding carboxylic acids is 2. The van der Waals surface area contributed by atoms with Crippen LogP contribution in [0.2, 0.25) is 0 Å². The van der Waals surface area contributed by atoms with Crippen molar-refractivity contribution in [1.29, 1.82) is 0 Å². The van der Waals surface area contributed by atoms with E-state index in [9.17, 15) is 123 Å². The van der Waals surface area contributed by atoms with Gasteiger partial charge in [0.1, 0.15) is 139 Å². The zero-order valence-corrected chi connectivity index (χ0v) is 77.1. The Morgan fingerprint density at radius 2 is 1.03 bits per heavy atom. The van der Waals surface area contributed by atoms with E-state index in [-0.39, 0.29) is 44.6 Å². The fraction of sp³-hybridized carbons (Fsp3) is 0.956. The lowest BCUT2D eigenvalue weighted by molar-refractivity contribution is -0.376. The quantitative estimate of drug-likeness (QED) is 0.0122. The third-order valence-electron chi connectivity index (χ3n) is 32.4. The number of allylic oxidation sites excluding steroid dienone is 2. The van der Waals surface area contributed by atoms with E-state index in [4.69, 9.17) is 80.5 Å². The van der Waals surface area contributed by atoms with E-state index in [1.807, 2.05) is 0 Å². The molecule has 0 aromatic rings. The molecule has 48 atom stereocenters. The average molecular weight is 1920 g/mol. The molecule has 0 aromatic heterocycles. The van der Waals surface area contributed by atoms with Gasteiger partial charge in [0.25, 0.3) is 0 Å². The molecule has 12 fully saturated rings. The molecule has 0 unspecified atom stereocenters. The summed E-state index contributed by atoms with van der Waals surface area (Å²) in [6.45, 7) is 12.8. The molecule has 0 aromatic carbocycles. The van der Waals surface area contributed by atoms with Crippen molar-refractivity contribution in [3.05, 3.63) is 11.6 Å². The third-order valence-corrected chi connectivity index (χ3v) is 32.4. The van der Waals surface area contributed by atoms with E-state index in [0.29, 0.717) is 70.6 Å². The molecule has 5 aliphatic carbocycles. The second-order valence-corrected chi connectivity index (χ2v) is 41.8. The molecule has 8 heterocycles. The topological polar surface area (TPSA) is 677 Å². The van der Waals surface area contributed by atoms with Gasteiger partial charge < -0.3 is 203 Å². The molecule has 0 radical (unpaired) electrons. The van der Waals surface area contributed by atoms with Crippen LogP contribution in [-0.4, -0.2) is 432 Å². The molecule has 24 N–H and O–H groups in total. The van der Waals surface area contributed by atoms with Crippen molar-refractivity contribution in [2.75, 3.05) is 52.9 Å². The van der Waals surface area contributed by atoms with Crippen LogP contribution in [0.1, 0.15) is 191 Å². The fourth-order valence-corrected chi connectivity index (χ4v) is 23.9. The minimum absolute atomic E-state index is 0.0194. The molecule has 0 spiro atoms. The van der Waals surface area contributed by atoms with Gasteiger partial charge in [-0.1, -0.05) is 105 Å². The highest BCUT2D eigenvalue weighted by atomic mass is 16.8. The number of carbonyl (C=O) groups is 2. The number of esters is 2. The monoisotopic (exact) mass is 1920 g/mol. The second-order valence-electron chi connectivity index (χ2n) is 41.8. The summed E-state index contributed by atoms with van der Waals surface area (Å²) in [7, 11) is 0. The van der Waals surface area contributed by atoms with Crippen LogP contribution < -0.4 is 0 Å². The van der Waals surface area contributed by atoms with Crippen LogP contribution in [0, 0.1) is 50.2 Å². The molecule has 0 amide bonds. The maximum Gasteiger partial charge on any atom is 0.335 e. The lowest BCUT2D eigenvalue weighted by Gasteiger charge is -2.72. The predicted octanol–water partition coefficient (Wildman–Crippen LogP) is -5.24. The van der Waals surface area contributed by atoms with Gasteiger partial charge in [-0.15, -0.1) is 0 Å². The number of hydrogen-bond acceptors (Lipinski definition) is 43. The van der Waals surface area contributed by atoms with Crippen molar-refractivity contribution in [3.63, 3.8) is 0 Å². The minimum Gasteiger partial charge on any atom is -0.455 e. The van der Waals surface area contributed by atoms with Crippen LogP contribution in [0.5, 0.6) is 0 Å². The lowest BCUT2D eigenvalue weighted by Crippen LogP contribution is -2.70. The van der Waals surface area contributed by atoms with Gasteiger partial charge >= 0.3 is 11.9 Å². The highest BCUT2D eigenvalue weighted by molar-refractivity contribution is 5.80. The summed E-state index contributed by atoms with van der Waals surface area (Å²) in [6.07, 6.45) is -52.3. The molecule has 13 rings (SSSR count). The van der Waals surface area contributed by atoms with E-state index in [0.717, 1.165) is 31.3 Å². The molecule has 8 saturated heterocycles. The maximum absolute atomic E-state index is 16.4. The van der Waals surface area contributed by atoms with E-state index in [1.54, 1.807) is 13.8 Å². The van der Waals surface area contributed by atoms with Crippen LogP contribution in [0.25, 0.3) is 0 Å². The molecule has 8 aliphatic heterocycles. The van der Waals surface area contributed by atoms with Gasteiger partial charge in [-0.2, -0.15) is 0 Å². The summed E-state index contributed by atoms with van der Waals surface area (Å²) < 4.78 is 101. The number of hydrogen-bond donors (Lipinski definition) is 24. The first kappa shape index (κ1) is 107. The maximum atomic E-state index is 16.4. The smallest absolute Gasteiger partial charge is 0.335 e. The van der Waals surface area contributed by atoms with Crippen molar-refractivity contribution < 1.29 is 213 Å². The Hall–Kier alpha value is -2.88. The van der Waals surface area contributed by atoms with Crippen molar-refractivity contribution in [2.24, 2.45) is 50.2 Å². The first-order chi connectivity index (χ1) is 62.6. The van der Waals surface area contributed by atoms with Gasteiger partial charge in [-0.3, -0.25) is 4.79 Å². The van der Waals surface area contributed by atoms with Gasteiger partial charge in [0.2, 0.25) is 6.29 Å². The highest BCUT2D eigenvalue weighted by Crippen LogP contribution is 2.76. The number of rotatable bonds is 35. The Morgan fingerprint density at radius 3 is 1.69 bits per heavy atom. The van der Waals surface area contributed by atoms with Gasteiger partial charge in [0, 0.05) is 12.0 Å². The zero-order chi connectivity index (χ0) is 97.0. The fourth-order valence-electron chi connectivity index (χ4n) is 23.9. The van der Waals surface area contributed by atoms with Crippen molar-refractivity contribution in [1.82, 2.24) is 0 Å². The van der Waals surface area contributed by atoms with Crippen LogP contribution >= 0.6 is 0 Å². The summed E-state index contributed by atoms with van der Waals surface area (Å²) in [5.41, 5.74) is -7.23. The number of aliphatic hydroxyl groups is 24. The van der Waals surface area contributed by atoms with Gasteiger partial charge in [-0.05, 0) is 137 Å². The summed E-state index contributed by atoms with van der Waals surface area (Å²) in [6, 6.07) is 0. The Kier molecular flexibility index (Phi) is 35.3. The molecule has 13 aliphatic rings. The van der Waals surface area contributed by atoms with Crippen molar-refractivity contribution >= 4 is 11.9 Å². The molecular weight excluding hydrogens is 1770 g/mol. The predicted molar refractivity (Wildman–Crippen MR) is 448 cm³/mol. The lowest BCUT2D eigenvalue weighted by atomic mass is 9.33. The summed E-state index contributed by atoms with van der Waals surface area (Å²) in [4.78, 5) is 31.4. The summed E-state index contributed by atoms with van der Waals surface area (Å²) in [5, 5.41) is 267. The van der Waals surface area contributed by atoms with Crippen LogP contribution in [0.4, 0.5) is 0 Å². The average Bonchev–Trinajstić information content (AvgIpc) is 0.869. The Morgan fingerprint density at radius 1 is 0.466 bits per heavy atom. The van der Waals surface area contributed by atoms with Gasteiger partial charge in [0.15, 0.2) is 62.3 Å². The second kappa shape index (κ2) is 43.7. The van der Waals surface area contributed by atoms with Gasteiger partial charge in [0.05, 0.1) is 89.0 Å². The highest BCUT2D eigenvalue weighted by Gasteiger charge is 2.74. The van der Waals surface area contributed by atoms with E-state index < -0.39 is 348 Å². The molecule has 4 saturated carbocycles. The molecule has 768 valence electrons. The third kappa shape index (κ3) is 21.6. The molecular formula is C90H150O43. The number of unbranched alkanes of at least 4 members (excludes halogenated alkanes) is 7. The number of fused-ring (bicyclic) bond motifs is 7. The Balaban J connectivity index is 0.711. The summed E-state index contributed by atoms with van der Waals surface area (Å²) in [5.74, 6) is -3.64. The molecule has 43 heteroatoms. The molecule has 43 nitrogen and oxygen atoms in total. The minimum atomic E-state index is -2.18. The Labute approximate surface area is 772 Å². The number of ether oxygens (including phenoxy) is 17. The standard InChI is InChI=1S/C90H150O43/c1-39-54(98)59(103)65(109)76(123-39)117-28-18-14-10-11-15-19-42(93)20-16-12-13-17-21-48(126-77-63(107)56(100)47(96)33-119-77)74(114)129-70-41(3)125-81(71(68(70)112)131-79-67(111)61(105)69(40(2)124-79)130-78-64(108)58(102)50(35-121-78)128-82-72(113)89(116,37-92)38-122-82)133-83(115)90-27-26-84(4,5)29-44(90)43-22-23-52-85(6)30-45(94)73(86(7,36-91)51(85)24-25-87(52,8)88(43,9)31-53(90)97)132-80-66(110)60(104)57(101)49(127-80)34-120-75-62(106)55(99)46(95)32-118-75/h22,39-42,44-73,75-82,91-113,116H,10-21,23-38H2,1-9H3/t39-,40-,41+,42-,44-,45-,46-,47+,48+,49+,50+,51+,52+,53+,54-,55-,56-,57+,58-,59+,60-,61-,62+,63+,64+,65+,66+,67+,68-,69-,70-,71+,72-,73-,75-,76+,77-,78-,79-,80-,81-,82-,85-,86-,87+,88+,89+,90+/m0/s1. The van der Waals surface area contributed by atoms with Crippen LogP contribution in [0.3, 0.4) is 0 Å².